The van der Waals surface area contributed by atoms with Gasteiger partial charge in [-0.2, -0.15) is 8.42 Å². The first-order valence-corrected chi connectivity index (χ1v) is 8.46. The van der Waals surface area contributed by atoms with E-state index in [2.05, 4.69) is 5.32 Å². The molecular weight excluding hydrogens is 333 g/mol. The Bertz CT molecular complexity index is 705. The van der Waals surface area contributed by atoms with Crippen LogP contribution < -0.4 is 9.50 Å². The third kappa shape index (κ3) is 5.12. The summed E-state index contributed by atoms with van der Waals surface area (Å²) in [6.45, 7) is 0.234. The number of hydrogen-bond acceptors (Lipinski definition) is 4. The largest absolute Gasteiger partial charge is 0.384 e. The molecule has 2 aromatic rings. The Morgan fingerprint density at radius 1 is 1.05 bits per heavy atom. The van der Waals surface area contributed by atoms with Crippen LogP contribution in [0.25, 0.3) is 0 Å². The third-order valence-corrected chi connectivity index (χ3v) is 4.23. The standard InChI is InChI=1S/C14H13Cl2NO3S/c15-11-6-7-14(13(16)10-11)20-21(18,19)9-8-17-12-4-2-1-3-5-12/h1-7,10,17H,8-9H2. The Morgan fingerprint density at radius 2 is 1.76 bits per heavy atom. The van der Waals surface area contributed by atoms with Crippen molar-refractivity contribution in [2.45, 2.75) is 0 Å². The van der Waals surface area contributed by atoms with Crippen molar-refractivity contribution < 1.29 is 12.6 Å². The Labute approximate surface area is 133 Å². The van der Waals surface area contributed by atoms with E-state index in [9.17, 15) is 8.42 Å². The molecule has 0 fully saturated rings. The van der Waals surface area contributed by atoms with Crippen molar-refractivity contribution in [2.24, 2.45) is 0 Å². The second kappa shape index (κ2) is 7.02. The Kier molecular flexibility index (Phi) is 5.33. The van der Waals surface area contributed by atoms with Gasteiger partial charge in [-0.25, -0.2) is 0 Å². The summed E-state index contributed by atoms with van der Waals surface area (Å²) in [5, 5.41) is 3.56. The highest BCUT2D eigenvalue weighted by molar-refractivity contribution is 7.87. The molecule has 0 amide bonds. The van der Waals surface area contributed by atoms with Gasteiger partial charge in [0.2, 0.25) is 0 Å². The molecular formula is C14H13Cl2NO3S. The lowest BCUT2D eigenvalue weighted by Crippen LogP contribution is -2.20. The third-order valence-electron chi connectivity index (χ3n) is 2.57. The van der Waals surface area contributed by atoms with E-state index in [1.807, 2.05) is 30.3 Å². The maximum absolute atomic E-state index is 11.9. The minimum atomic E-state index is -3.73. The van der Waals surface area contributed by atoms with Gasteiger partial charge in [0, 0.05) is 17.3 Å². The normalized spacial score (nSPS) is 11.1. The fraction of sp³-hybridized carbons (Fsp3) is 0.143. The van der Waals surface area contributed by atoms with Crippen LogP contribution in [-0.2, 0) is 10.1 Å². The number of anilines is 1. The molecule has 0 aliphatic rings. The summed E-state index contributed by atoms with van der Waals surface area (Å²) in [5.74, 6) is -0.110. The predicted molar refractivity (Wildman–Crippen MR) is 85.8 cm³/mol. The van der Waals surface area contributed by atoms with E-state index in [1.165, 1.54) is 18.2 Å². The van der Waals surface area contributed by atoms with Crippen LogP contribution in [0.15, 0.2) is 48.5 Å². The molecule has 2 aromatic carbocycles. The molecule has 0 heterocycles. The van der Waals surface area contributed by atoms with Crippen molar-refractivity contribution in [3.8, 4) is 5.75 Å². The lowest BCUT2D eigenvalue weighted by atomic mass is 10.3. The molecule has 0 aliphatic heterocycles. The van der Waals surface area contributed by atoms with Crippen LogP contribution in [0.4, 0.5) is 5.69 Å². The quantitative estimate of drug-likeness (QED) is 0.808. The van der Waals surface area contributed by atoms with E-state index in [4.69, 9.17) is 27.4 Å². The van der Waals surface area contributed by atoms with Crippen molar-refractivity contribution in [3.63, 3.8) is 0 Å². The van der Waals surface area contributed by atoms with Crippen LogP contribution in [0.5, 0.6) is 5.75 Å². The molecule has 4 nitrogen and oxygen atoms in total. The average molecular weight is 346 g/mol. The lowest BCUT2D eigenvalue weighted by Gasteiger charge is -2.10. The van der Waals surface area contributed by atoms with Crippen LogP contribution in [0.1, 0.15) is 0 Å². The monoisotopic (exact) mass is 345 g/mol. The van der Waals surface area contributed by atoms with E-state index in [0.29, 0.717) is 5.02 Å². The number of rotatable bonds is 6. The van der Waals surface area contributed by atoms with Crippen LogP contribution in [0.2, 0.25) is 10.0 Å². The van der Waals surface area contributed by atoms with Crippen molar-refractivity contribution in [3.05, 3.63) is 58.6 Å². The van der Waals surface area contributed by atoms with E-state index < -0.39 is 10.1 Å². The van der Waals surface area contributed by atoms with Gasteiger partial charge >= 0.3 is 10.1 Å². The van der Waals surface area contributed by atoms with Gasteiger partial charge in [0.05, 0.1) is 5.02 Å². The molecule has 0 aromatic heterocycles. The maximum Gasteiger partial charge on any atom is 0.310 e. The fourth-order valence-electron chi connectivity index (χ4n) is 1.60. The zero-order valence-corrected chi connectivity index (χ0v) is 13.3. The maximum atomic E-state index is 11.9. The van der Waals surface area contributed by atoms with Gasteiger partial charge in [0.1, 0.15) is 5.75 Å². The van der Waals surface area contributed by atoms with Gasteiger partial charge in [0.25, 0.3) is 0 Å². The molecule has 0 spiro atoms. The van der Waals surface area contributed by atoms with E-state index in [1.54, 1.807) is 0 Å². The van der Waals surface area contributed by atoms with Crippen molar-refractivity contribution in [2.75, 3.05) is 17.6 Å². The van der Waals surface area contributed by atoms with Crippen LogP contribution in [0, 0.1) is 0 Å². The molecule has 0 bridgehead atoms. The predicted octanol–water partition coefficient (Wildman–Crippen LogP) is 3.81. The Morgan fingerprint density at radius 3 is 2.43 bits per heavy atom. The summed E-state index contributed by atoms with van der Waals surface area (Å²) in [5.41, 5.74) is 0.845. The minimum absolute atomic E-state index is 0.0702. The van der Waals surface area contributed by atoms with Gasteiger partial charge in [-0.15, -0.1) is 0 Å². The summed E-state index contributed by atoms with van der Waals surface area (Å²) in [7, 11) is -3.73. The molecule has 0 aliphatic carbocycles. The highest BCUT2D eigenvalue weighted by Gasteiger charge is 2.15. The van der Waals surface area contributed by atoms with Crippen molar-refractivity contribution in [1.29, 1.82) is 0 Å². The van der Waals surface area contributed by atoms with Crippen LogP contribution >= 0.6 is 23.2 Å². The summed E-state index contributed by atoms with van der Waals surface area (Å²) >= 11 is 11.6. The number of nitrogens with one attached hydrogen (secondary N) is 1. The first-order chi connectivity index (χ1) is 9.96. The van der Waals surface area contributed by atoms with Crippen molar-refractivity contribution >= 4 is 39.0 Å². The molecule has 0 saturated heterocycles. The molecule has 2 rings (SSSR count). The number of para-hydroxylation sites is 1. The van der Waals surface area contributed by atoms with Gasteiger partial charge < -0.3 is 9.50 Å². The molecule has 0 atom stereocenters. The minimum Gasteiger partial charge on any atom is -0.384 e. The molecule has 1 N–H and O–H groups in total. The van der Waals surface area contributed by atoms with E-state index in [-0.39, 0.29) is 23.1 Å². The second-order valence-corrected chi connectivity index (χ2v) is 6.75. The van der Waals surface area contributed by atoms with Gasteiger partial charge in [-0.3, -0.25) is 0 Å². The molecule has 0 saturated carbocycles. The summed E-state index contributed by atoms with van der Waals surface area (Å²) < 4.78 is 28.7. The SMILES string of the molecule is O=S(=O)(CCNc1ccccc1)Oc1ccc(Cl)cc1Cl. The highest BCUT2D eigenvalue weighted by Crippen LogP contribution is 2.28. The average Bonchev–Trinajstić information content (AvgIpc) is 2.43. The summed E-state index contributed by atoms with van der Waals surface area (Å²) in [6.07, 6.45) is 0. The zero-order chi connectivity index (χ0) is 15.3. The van der Waals surface area contributed by atoms with Crippen molar-refractivity contribution in [1.82, 2.24) is 0 Å². The van der Waals surface area contributed by atoms with Gasteiger partial charge in [-0.1, -0.05) is 41.4 Å². The van der Waals surface area contributed by atoms with Gasteiger partial charge in [0.15, 0.2) is 5.75 Å². The fourth-order valence-corrected chi connectivity index (χ4v) is 2.94. The first kappa shape index (κ1) is 15.9. The second-order valence-electron chi connectivity index (χ2n) is 4.21. The number of halogens is 2. The smallest absolute Gasteiger partial charge is 0.310 e. The molecule has 21 heavy (non-hydrogen) atoms. The molecule has 0 radical (unpaired) electrons. The summed E-state index contributed by atoms with van der Waals surface area (Å²) in [6, 6.07) is 13.7. The Balaban J connectivity index is 1.93. The van der Waals surface area contributed by atoms with Gasteiger partial charge in [-0.05, 0) is 30.3 Å². The molecule has 112 valence electrons. The Hall–Kier alpha value is -1.43. The topological polar surface area (TPSA) is 55.4 Å². The number of benzene rings is 2. The van der Waals surface area contributed by atoms with Crippen LogP contribution in [-0.4, -0.2) is 20.7 Å². The van der Waals surface area contributed by atoms with E-state index in [0.717, 1.165) is 5.69 Å². The highest BCUT2D eigenvalue weighted by atomic mass is 35.5. The first-order valence-electron chi connectivity index (χ1n) is 6.12. The number of hydrogen-bond donors (Lipinski definition) is 1. The van der Waals surface area contributed by atoms with Crippen LogP contribution in [0.3, 0.4) is 0 Å². The zero-order valence-electron chi connectivity index (χ0n) is 10.9. The lowest BCUT2D eigenvalue weighted by molar-refractivity contribution is 0.487. The molecule has 0 unspecified atom stereocenters. The summed E-state index contributed by atoms with van der Waals surface area (Å²) in [4.78, 5) is 0. The van der Waals surface area contributed by atoms with E-state index >= 15 is 0 Å². The molecule has 7 heteroatoms.